The average Bonchev–Trinajstić information content (AvgIpc) is 2.72. The number of benzene rings is 1. The third-order valence-corrected chi connectivity index (χ3v) is 3.96. The molecular formula is C16H23F3N2. The van der Waals surface area contributed by atoms with Crippen LogP contribution >= 0.6 is 0 Å². The molecule has 0 heterocycles. The highest BCUT2D eigenvalue weighted by Gasteiger charge is 2.32. The van der Waals surface area contributed by atoms with Gasteiger partial charge >= 0.3 is 6.18 Å². The monoisotopic (exact) mass is 300 g/mol. The second-order valence-electron chi connectivity index (χ2n) is 5.61. The number of hydrogen-bond acceptors (Lipinski definition) is 2. The van der Waals surface area contributed by atoms with Crippen molar-refractivity contribution < 1.29 is 13.2 Å². The molecule has 2 nitrogen and oxygen atoms in total. The van der Waals surface area contributed by atoms with E-state index in [9.17, 15) is 13.2 Å². The standard InChI is InChI=1S/C16H23F3N2/c17-16(18,19)14-9-5-6-10-15(14)21-12-11-20-13-7-3-1-2-4-8-13/h5-6,9-10,13,20-21H,1-4,7-8,11-12H2. The Balaban J connectivity index is 1.78. The molecule has 1 aromatic carbocycles. The maximum atomic E-state index is 12.8. The molecule has 0 aliphatic heterocycles. The topological polar surface area (TPSA) is 24.1 Å². The van der Waals surface area contributed by atoms with Gasteiger partial charge in [-0.3, -0.25) is 0 Å². The Labute approximate surface area is 124 Å². The molecule has 0 unspecified atom stereocenters. The van der Waals surface area contributed by atoms with Crippen molar-refractivity contribution in [2.24, 2.45) is 0 Å². The Bertz CT molecular complexity index is 424. The zero-order chi connectivity index (χ0) is 15.1. The van der Waals surface area contributed by atoms with E-state index in [1.54, 1.807) is 6.07 Å². The Kier molecular flexibility index (Phi) is 5.91. The summed E-state index contributed by atoms with van der Waals surface area (Å²) in [6, 6.07) is 6.15. The molecule has 0 radical (unpaired) electrons. The van der Waals surface area contributed by atoms with Gasteiger partial charge in [0.1, 0.15) is 0 Å². The zero-order valence-corrected chi connectivity index (χ0v) is 12.2. The fraction of sp³-hybridized carbons (Fsp3) is 0.625. The van der Waals surface area contributed by atoms with Crippen LogP contribution < -0.4 is 10.6 Å². The van der Waals surface area contributed by atoms with E-state index in [4.69, 9.17) is 0 Å². The summed E-state index contributed by atoms with van der Waals surface area (Å²) < 4.78 is 38.5. The first-order valence-corrected chi connectivity index (χ1v) is 7.71. The van der Waals surface area contributed by atoms with Crippen molar-refractivity contribution in [1.82, 2.24) is 5.32 Å². The molecule has 2 N–H and O–H groups in total. The number of para-hydroxylation sites is 1. The highest BCUT2D eigenvalue weighted by Crippen LogP contribution is 2.34. The predicted octanol–water partition coefficient (Wildman–Crippen LogP) is 4.43. The lowest BCUT2D eigenvalue weighted by molar-refractivity contribution is -0.136. The number of hydrogen-bond donors (Lipinski definition) is 2. The van der Waals surface area contributed by atoms with Gasteiger partial charge in [-0.2, -0.15) is 13.2 Å². The van der Waals surface area contributed by atoms with Gasteiger partial charge in [-0.1, -0.05) is 37.8 Å². The van der Waals surface area contributed by atoms with E-state index < -0.39 is 11.7 Å². The lowest BCUT2D eigenvalue weighted by atomic mass is 10.1. The summed E-state index contributed by atoms with van der Waals surface area (Å²) in [5.41, 5.74) is -0.438. The molecule has 0 spiro atoms. The molecule has 0 atom stereocenters. The molecule has 1 aliphatic rings. The quantitative estimate of drug-likeness (QED) is 0.621. The average molecular weight is 300 g/mol. The minimum atomic E-state index is -4.31. The van der Waals surface area contributed by atoms with Crippen LogP contribution in [0, 0.1) is 0 Å². The van der Waals surface area contributed by atoms with Crippen LogP contribution in [0.3, 0.4) is 0 Å². The molecule has 1 aliphatic carbocycles. The van der Waals surface area contributed by atoms with Crippen molar-refractivity contribution in [3.63, 3.8) is 0 Å². The summed E-state index contributed by atoms with van der Waals surface area (Å²) in [5.74, 6) is 0. The van der Waals surface area contributed by atoms with Gasteiger partial charge in [-0.05, 0) is 25.0 Å². The molecule has 118 valence electrons. The zero-order valence-electron chi connectivity index (χ0n) is 12.2. The Morgan fingerprint density at radius 3 is 2.29 bits per heavy atom. The van der Waals surface area contributed by atoms with Crippen LogP contribution in [0.5, 0.6) is 0 Å². The van der Waals surface area contributed by atoms with Gasteiger partial charge in [-0.25, -0.2) is 0 Å². The first-order chi connectivity index (χ1) is 10.1. The third-order valence-electron chi connectivity index (χ3n) is 3.96. The first kappa shape index (κ1) is 16.1. The minimum absolute atomic E-state index is 0.160. The van der Waals surface area contributed by atoms with E-state index in [-0.39, 0.29) is 5.69 Å². The van der Waals surface area contributed by atoms with E-state index in [0.29, 0.717) is 19.1 Å². The maximum absolute atomic E-state index is 12.8. The summed E-state index contributed by atoms with van der Waals surface area (Å²) in [5, 5.41) is 6.34. The van der Waals surface area contributed by atoms with Crippen LogP contribution in [-0.4, -0.2) is 19.1 Å². The summed E-state index contributed by atoms with van der Waals surface area (Å²) >= 11 is 0. The Hall–Kier alpha value is -1.23. The fourth-order valence-electron chi connectivity index (χ4n) is 2.84. The van der Waals surface area contributed by atoms with Crippen LogP contribution in [0.25, 0.3) is 0 Å². The van der Waals surface area contributed by atoms with E-state index in [1.807, 2.05) is 0 Å². The van der Waals surface area contributed by atoms with E-state index in [0.717, 1.165) is 6.07 Å². The van der Waals surface area contributed by atoms with E-state index >= 15 is 0 Å². The lowest BCUT2D eigenvalue weighted by Crippen LogP contribution is -2.32. The molecule has 1 fully saturated rings. The largest absolute Gasteiger partial charge is 0.418 e. The molecular weight excluding hydrogens is 277 g/mol. The molecule has 0 bridgehead atoms. The van der Waals surface area contributed by atoms with Crippen molar-refractivity contribution >= 4 is 5.69 Å². The fourth-order valence-corrected chi connectivity index (χ4v) is 2.84. The van der Waals surface area contributed by atoms with Crippen LogP contribution in [-0.2, 0) is 6.18 Å². The molecule has 0 saturated heterocycles. The molecule has 0 amide bonds. The number of halogens is 3. The van der Waals surface area contributed by atoms with Gasteiger partial charge in [-0.15, -0.1) is 0 Å². The van der Waals surface area contributed by atoms with Gasteiger partial charge in [0.2, 0.25) is 0 Å². The van der Waals surface area contributed by atoms with Gasteiger partial charge in [0, 0.05) is 24.8 Å². The second-order valence-corrected chi connectivity index (χ2v) is 5.61. The van der Waals surface area contributed by atoms with Crippen molar-refractivity contribution in [1.29, 1.82) is 0 Å². The summed E-state index contributed by atoms with van der Waals surface area (Å²) in [6.07, 6.45) is 3.16. The number of anilines is 1. The Morgan fingerprint density at radius 2 is 1.62 bits per heavy atom. The minimum Gasteiger partial charge on any atom is -0.383 e. The SMILES string of the molecule is FC(F)(F)c1ccccc1NCCNC1CCCCCC1. The lowest BCUT2D eigenvalue weighted by Gasteiger charge is -2.18. The highest BCUT2D eigenvalue weighted by molar-refractivity contribution is 5.52. The number of nitrogens with one attached hydrogen (secondary N) is 2. The van der Waals surface area contributed by atoms with Crippen LogP contribution in [0.4, 0.5) is 18.9 Å². The van der Waals surface area contributed by atoms with Crippen molar-refractivity contribution in [2.75, 3.05) is 18.4 Å². The normalized spacial score (nSPS) is 17.5. The predicted molar refractivity (Wildman–Crippen MR) is 79.4 cm³/mol. The summed E-state index contributed by atoms with van der Waals surface area (Å²) in [4.78, 5) is 0. The van der Waals surface area contributed by atoms with Gasteiger partial charge in [0.25, 0.3) is 0 Å². The number of alkyl halides is 3. The van der Waals surface area contributed by atoms with Crippen molar-refractivity contribution in [3.05, 3.63) is 29.8 Å². The van der Waals surface area contributed by atoms with E-state index in [2.05, 4.69) is 10.6 Å². The molecule has 1 aromatic rings. The molecule has 1 saturated carbocycles. The van der Waals surface area contributed by atoms with Crippen molar-refractivity contribution in [2.45, 2.75) is 50.7 Å². The van der Waals surface area contributed by atoms with Crippen LogP contribution in [0.15, 0.2) is 24.3 Å². The first-order valence-electron chi connectivity index (χ1n) is 7.71. The van der Waals surface area contributed by atoms with Gasteiger partial charge in [0.05, 0.1) is 5.56 Å². The van der Waals surface area contributed by atoms with Gasteiger partial charge < -0.3 is 10.6 Å². The van der Waals surface area contributed by atoms with Crippen molar-refractivity contribution in [3.8, 4) is 0 Å². The summed E-state index contributed by atoms with van der Waals surface area (Å²) in [6.45, 7) is 1.19. The molecule has 2 rings (SSSR count). The number of rotatable bonds is 5. The maximum Gasteiger partial charge on any atom is 0.418 e. The Morgan fingerprint density at radius 1 is 0.952 bits per heavy atom. The van der Waals surface area contributed by atoms with Crippen LogP contribution in [0.2, 0.25) is 0 Å². The smallest absolute Gasteiger partial charge is 0.383 e. The van der Waals surface area contributed by atoms with Gasteiger partial charge in [0.15, 0.2) is 0 Å². The molecule has 0 aromatic heterocycles. The third kappa shape index (κ3) is 5.23. The van der Waals surface area contributed by atoms with E-state index in [1.165, 1.54) is 50.7 Å². The molecule has 5 heteroatoms. The summed E-state index contributed by atoms with van der Waals surface area (Å²) in [7, 11) is 0. The second kappa shape index (κ2) is 7.69. The van der Waals surface area contributed by atoms with Crippen LogP contribution in [0.1, 0.15) is 44.1 Å². The highest BCUT2D eigenvalue weighted by atomic mass is 19.4. The molecule has 21 heavy (non-hydrogen) atoms.